The van der Waals surface area contributed by atoms with Crippen LogP contribution in [0.15, 0.2) is 23.0 Å². The molecule has 2 bridgehead atoms. The molecule has 3 fully saturated rings. The maximum atomic E-state index is 13.2. The number of aromatic nitrogens is 2. The van der Waals surface area contributed by atoms with Crippen LogP contribution in [0.25, 0.3) is 10.9 Å². The maximum absolute atomic E-state index is 13.2. The van der Waals surface area contributed by atoms with E-state index in [1.165, 1.54) is 19.3 Å². The predicted octanol–water partition coefficient (Wildman–Crippen LogP) is 3.61. The van der Waals surface area contributed by atoms with E-state index in [4.69, 9.17) is 11.6 Å². The minimum Gasteiger partial charge on any atom is -0.335 e. The van der Waals surface area contributed by atoms with Gasteiger partial charge >= 0.3 is 0 Å². The summed E-state index contributed by atoms with van der Waals surface area (Å²) in [6, 6.07) is 5.07. The normalized spacial score (nSPS) is 30.5. The van der Waals surface area contributed by atoms with Crippen LogP contribution in [0.2, 0.25) is 5.02 Å². The second-order valence-electron chi connectivity index (χ2n) is 8.45. The van der Waals surface area contributed by atoms with E-state index in [0.717, 1.165) is 18.3 Å². The highest BCUT2D eigenvalue weighted by Crippen LogP contribution is 2.69. The Morgan fingerprint density at radius 1 is 1.30 bits per heavy atom. The molecule has 3 saturated carbocycles. The zero-order valence-corrected chi connectivity index (χ0v) is 16.2. The molecule has 1 aromatic carbocycles. The van der Waals surface area contributed by atoms with Crippen LogP contribution in [0.3, 0.4) is 0 Å². The van der Waals surface area contributed by atoms with Gasteiger partial charge in [-0.25, -0.2) is 4.98 Å². The molecule has 3 aliphatic rings. The molecule has 0 radical (unpaired) electrons. The number of rotatable bonds is 5. The first-order valence-corrected chi connectivity index (χ1v) is 10.4. The first kappa shape index (κ1) is 17.2. The number of H-pyrrole nitrogens is 1. The van der Waals surface area contributed by atoms with Crippen molar-refractivity contribution >= 4 is 28.4 Å². The van der Waals surface area contributed by atoms with Gasteiger partial charge in [0.15, 0.2) is 0 Å². The highest BCUT2D eigenvalue weighted by molar-refractivity contribution is 6.31. The number of aromatic amines is 1. The van der Waals surface area contributed by atoms with Crippen molar-refractivity contribution in [1.82, 2.24) is 14.9 Å². The molecule has 5 atom stereocenters. The van der Waals surface area contributed by atoms with Gasteiger partial charge in [-0.2, -0.15) is 0 Å². The zero-order chi connectivity index (χ0) is 18.7. The number of nitrogens with one attached hydrogen (secondary N) is 1. The third-order valence-corrected chi connectivity index (χ3v) is 7.12. The minimum atomic E-state index is -0.183. The molecule has 6 heteroatoms. The molecule has 0 spiro atoms. The highest BCUT2D eigenvalue weighted by Gasteiger charge is 2.67. The fourth-order valence-corrected chi connectivity index (χ4v) is 5.99. The van der Waals surface area contributed by atoms with Gasteiger partial charge in [0.2, 0.25) is 5.91 Å². The lowest BCUT2D eigenvalue weighted by atomic mass is 10.0. The minimum absolute atomic E-state index is 0.183. The van der Waals surface area contributed by atoms with Gasteiger partial charge in [-0.1, -0.05) is 18.5 Å². The molecule has 0 aliphatic heterocycles. The Hall–Kier alpha value is -1.88. The summed E-state index contributed by atoms with van der Waals surface area (Å²) in [5.41, 5.74) is 0.392. The molecule has 5 nitrogen and oxygen atoms in total. The number of carbonyl (C=O) groups excluding carboxylic acids is 1. The van der Waals surface area contributed by atoms with Gasteiger partial charge in [0.25, 0.3) is 5.56 Å². The second kappa shape index (κ2) is 6.33. The lowest BCUT2D eigenvalue weighted by Crippen LogP contribution is -2.35. The summed E-state index contributed by atoms with van der Waals surface area (Å²) in [5, 5.41) is 1.07. The summed E-state index contributed by atoms with van der Waals surface area (Å²) in [7, 11) is 0. The van der Waals surface area contributed by atoms with Gasteiger partial charge in [0.1, 0.15) is 5.82 Å². The monoisotopic (exact) mass is 385 g/mol. The van der Waals surface area contributed by atoms with E-state index in [-0.39, 0.29) is 17.4 Å². The van der Waals surface area contributed by atoms with Gasteiger partial charge in [0, 0.05) is 17.5 Å². The van der Waals surface area contributed by atoms with Gasteiger partial charge in [-0.05, 0) is 67.6 Å². The first-order chi connectivity index (χ1) is 13.1. The van der Waals surface area contributed by atoms with Gasteiger partial charge in [-0.15, -0.1) is 0 Å². The molecular formula is C21H24ClN3O2. The Bertz CT molecular complexity index is 956. The van der Waals surface area contributed by atoms with Crippen LogP contribution in [-0.2, 0) is 11.3 Å². The van der Waals surface area contributed by atoms with E-state index in [0.29, 0.717) is 46.7 Å². The molecule has 2 aromatic rings. The lowest BCUT2D eigenvalue weighted by Gasteiger charge is -2.23. The number of amides is 1. The molecular weight excluding hydrogens is 362 g/mol. The number of hydrogen-bond donors (Lipinski definition) is 1. The van der Waals surface area contributed by atoms with Crippen molar-refractivity contribution < 1.29 is 4.79 Å². The topological polar surface area (TPSA) is 66.1 Å². The van der Waals surface area contributed by atoms with Crippen molar-refractivity contribution in [3.05, 3.63) is 39.4 Å². The van der Waals surface area contributed by atoms with Crippen LogP contribution in [0.4, 0.5) is 0 Å². The van der Waals surface area contributed by atoms with Crippen molar-refractivity contribution in [1.29, 1.82) is 0 Å². The Balaban J connectivity index is 1.39. The first-order valence-electron chi connectivity index (χ1n) is 10.0. The quantitative estimate of drug-likeness (QED) is 0.855. The van der Waals surface area contributed by atoms with Gasteiger partial charge < -0.3 is 9.88 Å². The number of benzene rings is 1. The standard InChI is InChI=1S/C21H24ClN3O2/c1-2-7-25(21(27)19-17-11-3-4-12(8-11)18(17)19)10-16-23-15-9-13(22)5-6-14(15)20(26)24-16/h5-6,9,11-12,17-19H,2-4,7-8,10H2,1H3,(H,23,24,26)/t11-,12-,17-,18+,19?/m0/s1. The maximum Gasteiger partial charge on any atom is 0.258 e. The van der Waals surface area contributed by atoms with E-state index in [9.17, 15) is 9.59 Å². The molecule has 1 N–H and O–H groups in total. The molecule has 0 saturated heterocycles. The molecule has 142 valence electrons. The summed E-state index contributed by atoms with van der Waals surface area (Å²) in [5.74, 6) is 3.81. The van der Waals surface area contributed by atoms with Crippen LogP contribution in [0, 0.1) is 29.6 Å². The summed E-state index contributed by atoms with van der Waals surface area (Å²) < 4.78 is 0. The van der Waals surface area contributed by atoms with Crippen LogP contribution in [0.1, 0.15) is 38.4 Å². The van der Waals surface area contributed by atoms with Crippen molar-refractivity contribution in [2.24, 2.45) is 29.6 Å². The van der Waals surface area contributed by atoms with Crippen molar-refractivity contribution in [3.63, 3.8) is 0 Å². The number of nitrogens with zero attached hydrogens (tertiary/aromatic N) is 2. The van der Waals surface area contributed by atoms with Crippen LogP contribution >= 0.6 is 11.6 Å². The van der Waals surface area contributed by atoms with E-state index in [1.807, 2.05) is 4.90 Å². The van der Waals surface area contributed by atoms with Crippen molar-refractivity contribution in [2.45, 2.75) is 39.2 Å². The van der Waals surface area contributed by atoms with Gasteiger partial charge in [-0.3, -0.25) is 9.59 Å². The molecule has 1 unspecified atom stereocenters. The molecule has 27 heavy (non-hydrogen) atoms. The third-order valence-electron chi connectivity index (χ3n) is 6.88. The Labute approximate surface area is 163 Å². The smallest absolute Gasteiger partial charge is 0.258 e. The van der Waals surface area contributed by atoms with E-state index in [1.54, 1.807) is 18.2 Å². The number of carbonyl (C=O) groups is 1. The zero-order valence-electron chi connectivity index (χ0n) is 15.5. The lowest BCUT2D eigenvalue weighted by molar-refractivity contribution is -0.134. The Morgan fingerprint density at radius 3 is 2.74 bits per heavy atom. The number of halogens is 1. The molecule has 1 amide bonds. The molecule has 1 heterocycles. The van der Waals surface area contributed by atoms with Crippen LogP contribution in [-0.4, -0.2) is 27.3 Å². The average Bonchev–Trinajstić information content (AvgIpc) is 3.06. The summed E-state index contributed by atoms with van der Waals surface area (Å²) in [6.07, 6.45) is 4.85. The largest absolute Gasteiger partial charge is 0.335 e. The molecule has 5 rings (SSSR count). The number of fused-ring (bicyclic) bond motifs is 6. The molecule has 1 aromatic heterocycles. The Morgan fingerprint density at radius 2 is 2.04 bits per heavy atom. The third kappa shape index (κ3) is 2.78. The van der Waals surface area contributed by atoms with E-state index >= 15 is 0 Å². The summed E-state index contributed by atoms with van der Waals surface area (Å²) in [4.78, 5) is 34.9. The van der Waals surface area contributed by atoms with E-state index < -0.39 is 0 Å². The van der Waals surface area contributed by atoms with E-state index in [2.05, 4.69) is 16.9 Å². The highest BCUT2D eigenvalue weighted by atomic mass is 35.5. The number of hydrogen-bond acceptors (Lipinski definition) is 3. The van der Waals surface area contributed by atoms with Crippen LogP contribution < -0.4 is 5.56 Å². The predicted molar refractivity (Wildman–Crippen MR) is 104 cm³/mol. The average molecular weight is 386 g/mol. The van der Waals surface area contributed by atoms with Gasteiger partial charge in [0.05, 0.1) is 17.4 Å². The molecule has 3 aliphatic carbocycles. The Kier molecular flexibility index (Phi) is 4.04. The second-order valence-corrected chi connectivity index (χ2v) is 8.88. The van der Waals surface area contributed by atoms with Crippen molar-refractivity contribution in [3.8, 4) is 0 Å². The summed E-state index contributed by atoms with van der Waals surface area (Å²) in [6.45, 7) is 3.13. The van der Waals surface area contributed by atoms with Crippen LogP contribution in [0.5, 0.6) is 0 Å². The summed E-state index contributed by atoms with van der Waals surface area (Å²) >= 11 is 6.05. The SMILES string of the molecule is CCCN(Cc1nc2cc(Cl)ccc2c(=O)[nH]1)C(=O)C1[C@@H]2[C@H]3CC[C@@H](C3)[C@H]12. The fourth-order valence-electron chi connectivity index (χ4n) is 5.82. The van der Waals surface area contributed by atoms with Crippen molar-refractivity contribution in [2.75, 3.05) is 6.54 Å². The fraction of sp³-hybridized carbons (Fsp3) is 0.571.